The van der Waals surface area contributed by atoms with Gasteiger partial charge >= 0.3 is 0 Å². The Kier molecular flexibility index (Phi) is 7.92. The molecule has 1 fully saturated rings. The molecule has 0 amide bonds. The maximum atomic E-state index is 3.61. The van der Waals surface area contributed by atoms with E-state index in [4.69, 9.17) is 0 Å². The zero-order chi connectivity index (χ0) is 13.4. The highest BCUT2D eigenvalue weighted by atomic mass is 15.2. The van der Waals surface area contributed by atoms with Crippen LogP contribution in [-0.2, 0) is 0 Å². The summed E-state index contributed by atoms with van der Waals surface area (Å²) in [6, 6.07) is 1.35. The Bertz CT molecular complexity index is 203. The summed E-state index contributed by atoms with van der Waals surface area (Å²) in [4.78, 5) is 2.74. The third-order valence-electron chi connectivity index (χ3n) is 4.33. The maximum Gasteiger partial charge on any atom is 0.0218 e. The molecular weight excluding hydrogens is 220 g/mol. The van der Waals surface area contributed by atoms with Gasteiger partial charge in [-0.25, -0.2) is 0 Å². The fraction of sp³-hybridized carbons (Fsp3) is 1.00. The predicted molar refractivity (Wildman–Crippen MR) is 81.0 cm³/mol. The molecule has 18 heavy (non-hydrogen) atoms. The summed E-state index contributed by atoms with van der Waals surface area (Å²) in [7, 11) is 0. The van der Waals surface area contributed by atoms with Crippen LogP contribution in [0.1, 0.15) is 66.2 Å². The van der Waals surface area contributed by atoms with Crippen molar-refractivity contribution < 1.29 is 0 Å². The molecule has 2 nitrogen and oxygen atoms in total. The normalized spacial score (nSPS) is 24.2. The fourth-order valence-corrected chi connectivity index (χ4v) is 3.15. The molecule has 2 heteroatoms. The zero-order valence-electron chi connectivity index (χ0n) is 13.0. The first kappa shape index (κ1) is 16.0. The summed E-state index contributed by atoms with van der Waals surface area (Å²) in [5.74, 6) is 0.996. The lowest BCUT2D eigenvalue weighted by atomic mass is 9.96. The van der Waals surface area contributed by atoms with Gasteiger partial charge in [0.2, 0.25) is 0 Å². The fourth-order valence-electron chi connectivity index (χ4n) is 3.15. The van der Waals surface area contributed by atoms with Crippen LogP contribution in [0.4, 0.5) is 0 Å². The van der Waals surface area contributed by atoms with Crippen LogP contribution in [0.15, 0.2) is 0 Å². The van der Waals surface area contributed by atoms with Gasteiger partial charge in [-0.05, 0) is 44.7 Å². The van der Waals surface area contributed by atoms with Gasteiger partial charge in [0.15, 0.2) is 0 Å². The van der Waals surface area contributed by atoms with Crippen LogP contribution in [-0.4, -0.2) is 36.6 Å². The van der Waals surface area contributed by atoms with E-state index in [1.165, 1.54) is 51.6 Å². The minimum absolute atomic E-state index is 0.610. The third kappa shape index (κ3) is 5.71. The lowest BCUT2D eigenvalue weighted by Crippen LogP contribution is -2.44. The number of nitrogens with one attached hydrogen (secondary N) is 1. The van der Waals surface area contributed by atoms with Crippen molar-refractivity contribution in [1.82, 2.24) is 10.2 Å². The topological polar surface area (TPSA) is 15.3 Å². The summed E-state index contributed by atoms with van der Waals surface area (Å²) < 4.78 is 0. The summed E-state index contributed by atoms with van der Waals surface area (Å²) in [5.41, 5.74) is 0. The van der Waals surface area contributed by atoms with Crippen molar-refractivity contribution in [2.45, 2.75) is 78.3 Å². The van der Waals surface area contributed by atoms with Crippen molar-refractivity contribution in [1.29, 1.82) is 0 Å². The highest BCUT2D eigenvalue weighted by Crippen LogP contribution is 2.23. The first-order chi connectivity index (χ1) is 8.67. The van der Waals surface area contributed by atoms with Crippen LogP contribution in [0.5, 0.6) is 0 Å². The molecule has 0 bridgehead atoms. The van der Waals surface area contributed by atoms with E-state index in [2.05, 4.69) is 37.9 Å². The van der Waals surface area contributed by atoms with E-state index in [0.29, 0.717) is 6.04 Å². The molecule has 0 aromatic carbocycles. The number of hydrogen-bond acceptors (Lipinski definition) is 2. The SMILES string of the molecule is CCCC1CCCN(C(CC)CNC(C)C)CC1. The van der Waals surface area contributed by atoms with Gasteiger partial charge in [-0.1, -0.05) is 40.5 Å². The van der Waals surface area contributed by atoms with E-state index in [9.17, 15) is 0 Å². The van der Waals surface area contributed by atoms with Gasteiger partial charge in [0.25, 0.3) is 0 Å². The Morgan fingerprint density at radius 1 is 1.17 bits per heavy atom. The number of nitrogens with zero attached hydrogens (tertiary/aromatic N) is 1. The minimum atomic E-state index is 0.610. The molecule has 1 aliphatic heterocycles. The van der Waals surface area contributed by atoms with Crippen LogP contribution in [0.25, 0.3) is 0 Å². The van der Waals surface area contributed by atoms with Crippen LogP contribution in [0.3, 0.4) is 0 Å². The zero-order valence-corrected chi connectivity index (χ0v) is 13.0. The molecule has 2 unspecified atom stereocenters. The van der Waals surface area contributed by atoms with Crippen molar-refractivity contribution in [3.05, 3.63) is 0 Å². The van der Waals surface area contributed by atoms with Gasteiger partial charge < -0.3 is 5.32 Å². The summed E-state index contributed by atoms with van der Waals surface area (Å²) in [5, 5.41) is 3.61. The Hall–Kier alpha value is -0.0800. The highest BCUT2D eigenvalue weighted by Gasteiger charge is 2.21. The Morgan fingerprint density at radius 3 is 2.56 bits per heavy atom. The van der Waals surface area contributed by atoms with Gasteiger partial charge in [-0.3, -0.25) is 4.90 Å². The second-order valence-corrected chi connectivity index (χ2v) is 6.25. The van der Waals surface area contributed by atoms with E-state index in [1.54, 1.807) is 0 Å². The van der Waals surface area contributed by atoms with Crippen molar-refractivity contribution in [3.8, 4) is 0 Å². The van der Waals surface area contributed by atoms with Crippen molar-refractivity contribution in [2.24, 2.45) is 5.92 Å². The molecule has 2 atom stereocenters. The van der Waals surface area contributed by atoms with E-state index in [-0.39, 0.29) is 0 Å². The first-order valence-electron chi connectivity index (χ1n) is 8.14. The molecule has 0 aromatic heterocycles. The van der Waals surface area contributed by atoms with Gasteiger partial charge in [0, 0.05) is 18.6 Å². The number of likely N-dealkylation sites (tertiary alicyclic amines) is 1. The highest BCUT2D eigenvalue weighted by molar-refractivity contribution is 4.78. The van der Waals surface area contributed by atoms with Gasteiger partial charge in [-0.2, -0.15) is 0 Å². The van der Waals surface area contributed by atoms with Gasteiger partial charge in [0.05, 0.1) is 0 Å². The van der Waals surface area contributed by atoms with Crippen LogP contribution < -0.4 is 5.32 Å². The molecular formula is C16H34N2. The van der Waals surface area contributed by atoms with E-state index in [0.717, 1.165) is 18.5 Å². The van der Waals surface area contributed by atoms with Crippen molar-refractivity contribution >= 4 is 0 Å². The standard InChI is InChI=1S/C16H34N2/c1-5-8-15-9-7-11-18(12-10-15)16(6-2)13-17-14(3)4/h14-17H,5-13H2,1-4H3. The van der Waals surface area contributed by atoms with Crippen LogP contribution >= 0.6 is 0 Å². The lowest BCUT2D eigenvalue weighted by molar-refractivity contribution is 0.188. The monoisotopic (exact) mass is 254 g/mol. The predicted octanol–water partition coefficient (Wildman–Crippen LogP) is 3.67. The molecule has 0 saturated carbocycles. The molecule has 1 N–H and O–H groups in total. The Morgan fingerprint density at radius 2 is 1.94 bits per heavy atom. The summed E-state index contributed by atoms with van der Waals surface area (Å²) in [6.07, 6.45) is 8.36. The molecule has 108 valence electrons. The second kappa shape index (κ2) is 8.92. The molecule has 1 rings (SSSR count). The Balaban J connectivity index is 2.38. The van der Waals surface area contributed by atoms with E-state index >= 15 is 0 Å². The smallest absolute Gasteiger partial charge is 0.0218 e. The number of rotatable bonds is 7. The number of hydrogen-bond donors (Lipinski definition) is 1. The van der Waals surface area contributed by atoms with Crippen molar-refractivity contribution in [3.63, 3.8) is 0 Å². The average Bonchev–Trinajstić information content (AvgIpc) is 2.56. The molecule has 0 spiro atoms. The first-order valence-corrected chi connectivity index (χ1v) is 8.14. The van der Waals surface area contributed by atoms with Crippen molar-refractivity contribution in [2.75, 3.05) is 19.6 Å². The average molecular weight is 254 g/mol. The molecule has 0 aromatic rings. The largest absolute Gasteiger partial charge is 0.313 e. The minimum Gasteiger partial charge on any atom is -0.313 e. The van der Waals surface area contributed by atoms with Gasteiger partial charge in [-0.15, -0.1) is 0 Å². The van der Waals surface area contributed by atoms with E-state index in [1.807, 2.05) is 0 Å². The molecule has 0 radical (unpaired) electrons. The molecule has 1 aliphatic rings. The van der Waals surface area contributed by atoms with E-state index < -0.39 is 0 Å². The van der Waals surface area contributed by atoms with Crippen LogP contribution in [0, 0.1) is 5.92 Å². The second-order valence-electron chi connectivity index (χ2n) is 6.25. The summed E-state index contributed by atoms with van der Waals surface area (Å²) >= 11 is 0. The Labute approximate surface area is 115 Å². The molecule has 1 heterocycles. The lowest BCUT2D eigenvalue weighted by Gasteiger charge is -2.31. The van der Waals surface area contributed by atoms with Gasteiger partial charge in [0.1, 0.15) is 0 Å². The third-order valence-corrected chi connectivity index (χ3v) is 4.33. The van der Waals surface area contributed by atoms with Crippen LogP contribution in [0.2, 0.25) is 0 Å². The maximum absolute atomic E-state index is 3.61. The molecule has 1 saturated heterocycles. The summed E-state index contributed by atoms with van der Waals surface area (Å²) in [6.45, 7) is 12.9. The quantitative estimate of drug-likeness (QED) is 0.746. The molecule has 0 aliphatic carbocycles.